The Labute approximate surface area is 102 Å². The SMILES string of the molecule is [Pt+2].c1cnc2c(c1)ccc1cccnc12. The Balaban J connectivity index is 0.000000853. The van der Waals surface area contributed by atoms with Crippen LogP contribution in [0.25, 0.3) is 21.8 Å². The first-order valence-electron chi connectivity index (χ1n) is 4.53. The number of benzene rings is 1. The van der Waals surface area contributed by atoms with E-state index < -0.39 is 0 Å². The van der Waals surface area contributed by atoms with Gasteiger partial charge < -0.3 is 0 Å². The van der Waals surface area contributed by atoms with E-state index in [9.17, 15) is 0 Å². The zero-order chi connectivity index (χ0) is 9.38. The van der Waals surface area contributed by atoms with E-state index in [0.717, 1.165) is 21.8 Å². The molecule has 2 aromatic heterocycles. The van der Waals surface area contributed by atoms with Gasteiger partial charge in [-0.25, -0.2) is 0 Å². The molecule has 0 spiro atoms. The van der Waals surface area contributed by atoms with Gasteiger partial charge in [-0.3, -0.25) is 9.97 Å². The summed E-state index contributed by atoms with van der Waals surface area (Å²) in [5, 5.41) is 2.28. The third kappa shape index (κ3) is 1.66. The fourth-order valence-corrected chi connectivity index (χ4v) is 1.68. The smallest absolute Gasteiger partial charge is 0.254 e. The van der Waals surface area contributed by atoms with E-state index in [1.54, 1.807) is 12.4 Å². The molecule has 3 heteroatoms. The van der Waals surface area contributed by atoms with Gasteiger partial charge in [0.05, 0.1) is 11.0 Å². The summed E-state index contributed by atoms with van der Waals surface area (Å²) in [5.74, 6) is 0. The van der Waals surface area contributed by atoms with Gasteiger partial charge in [0.15, 0.2) is 0 Å². The van der Waals surface area contributed by atoms with Crippen LogP contribution >= 0.6 is 0 Å². The van der Waals surface area contributed by atoms with Gasteiger partial charge in [0.25, 0.3) is 0 Å². The van der Waals surface area contributed by atoms with Crippen LogP contribution in [-0.2, 0) is 21.1 Å². The second-order valence-electron chi connectivity index (χ2n) is 3.22. The van der Waals surface area contributed by atoms with Crippen molar-refractivity contribution < 1.29 is 21.1 Å². The molecule has 0 amide bonds. The largest absolute Gasteiger partial charge is 2.00 e. The number of hydrogen-bond donors (Lipinski definition) is 0. The molecule has 3 rings (SSSR count). The van der Waals surface area contributed by atoms with Crippen LogP contribution in [0, 0.1) is 0 Å². The van der Waals surface area contributed by atoms with Crippen LogP contribution < -0.4 is 0 Å². The summed E-state index contributed by atoms with van der Waals surface area (Å²) in [6, 6.07) is 12.1. The van der Waals surface area contributed by atoms with E-state index in [4.69, 9.17) is 0 Å². The van der Waals surface area contributed by atoms with E-state index in [-0.39, 0.29) is 21.1 Å². The van der Waals surface area contributed by atoms with Crippen molar-refractivity contribution in [3.05, 3.63) is 48.8 Å². The standard InChI is InChI=1S/C12H8N2.Pt/c1-3-9-5-6-10-4-2-8-14-12(10)11(9)13-7-1;/h1-8H;/q;+2. The van der Waals surface area contributed by atoms with Crippen molar-refractivity contribution in [2.75, 3.05) is 0 Å². The molecule has 0 radical (unpaired) electrons. The average Bonchev–Trinajstić information content (AvgIpc) is 2.29. The van der Waals surface area contributed by atoms with Gasteiger partial charge in [0, 0.05) is 23.2 Å². The first-order chi connectivity index (χ1) is 6.95. The van der Waals surface area contributed by atoms with Crippen molar-refractivity contribution in [2.24, 2.45) is 0 Å². The van der Waals surface area contributed by atoms with Crippen molar-refractivity contribution >= 4 is 21.8 Å². The maximum Gasteiger partial charge on any atom is 2.00 e. The molecule has 0 N–H and O–H groups in total. The normalized spacial score (nSPS) is 10.1. The fourth-order valence-electron chi connectivity index (χ4n) is 1.68. The van der Waals surface area contributed by atoms with Crippen molar-refractivity contribution in [3.63, 3.8) is 0 Å². The predicted octanol–water partition coefficient (Wildman–Crippen LogP) is 2.78. The molecule has 2 nitrogen and oxygen atoms in total. The molecule has 0 fully saturated rings. The molecule has 2 heterocycles. The Kier molecular flexibility index (Phi) is 2.79. The number of hydrogen-bond acceptors (Lipinski definition) is 2. The maximum absolute atomic E-state index is 4.35. The molecule has 0 aliphatic carbocycles. The average molecular weight is 375 g/mol. The van der Waals surface area contributed by atoms with Crippen LogP contribution in [-0.4, -0.2) is 9.97 Å². The quantitative estimate of drug-likeness (QED) is 0.565. The summed E-state index contributed by atoms with van der Waals surface area (Å²) in [6.45, 7) is 0. The van der Waals surface area contributed by atoms with E-state index in [1.807, 2.05) is 12.1 Å². The molecular weight excluding hydrogens is 367 g/mol. The Bertz CT molecular complexity index is 553. The summed E-state index contributed by atoms with van der Waals surface area (Å²) >= 11 is 0. The molecule has 0 bridgehead atoms. The van der Waals surface area contributed by atoms with Crippen LogP contribution in [0.15, 0.2) is 48.8 Å². The van der Waals surface area contributed by atoms with Gasteiger partial charge in [-0.2, -0.15) is 0 Å². The number of aromatic nitrogens is 2. The van der Waals surface area contributed by atoms with Gasteiger partial charge >= 0.3 is 21.1 Å². The molecule has 74 valence electrons. The van der Waals surface area contributed by atoms with E-state index in [2.05, 4.69) is 34.2 Å². The first kappa shape index (κ1) is 10.3. The van der Waals surface area contributed by atoms with E-state index in [0.29, 0.717) is 0 Å². The van der Waals surface area contributed by atoms with E-state index in [1.165, 1.54) is 0 Å². The minimum atomic E-state index is 0. The van der Waals surface area contributed by atoms with Crippen molar-refractivity contribution in [2.45, 2.75) is 0 Å². The van der Waals surface area contributed by atoms with Crippen LogP contribution in [0.3, 0.4) is 0 Å². The summed E-state index contributed by atoms with van der Waals surface area (Å²) in [7, 11) is 0. The second-order valence-corrected chi connectivity index (χ2v) is 3.22. The minimum absolute atomic E-state index is 0. The topological polar surface area (TPSA) is 25.8 Å². The van der Waals surface area contributed by atoms with Gasteiger partial charge in [-0.15, -0.1) is 0 Å². The molecule has 0 aliphatic rings. The minimum Gasteiger partial charge on any atom is -0.254 e. The van der Waals surface area contributed by atoms with Crippen LogP contribution in [0.5, 0.6) is 0 Å². The number of rotatable bonds is 0. The Hall–Kier alpha value is -1.27. The number of fused-ring (bicyclic) bond motifs is 3. The molecular formula is C12H8N2Pt+2. The Morgan fingerprint density at radius 1 is 0.667 bits per heavy atom. The predicted molar refractivity (Wildman–Crippen MR) is 57.0 cm³/mol. The van der Waals surface area contributed by atoms with Crippen LogP contribution in [0.1, 0.15) is 0 Å². The van der Waals surface area contributed by atoms with E-state index >= 15 is 0 Å². The monoisotopic (exact) mass is 375 g/mol. The van der Waals surface area contributed by atoms with Crippen LogP contribution in [0.2, 0.25) is 0 Å². The zero-order valence-electron chi connectivity index (χ0n) is 7.83. The third-order valence-electron chi connectivity index (χ3n) is 2.34. The summed E-state index contributed by atoms with van der Waals surface area (Å²) in [5.41, 5.74) is 1.95. The van der Waals surface area contributed by atoms with Gasteiger partial charge in [-0.1, -0.05) is 24.3 Å². The van der Waals surface area contributed by atoms with Crippen molar-refractivity contribution in [1.29, 1.82) is 0 Å². The summed E-state index contributed by atoms with van der Waals surface area (Å²) < 4.78 is 0. The molecule has 3 aromatic rings. The summed E-state index contributed by atoms with van der Waals surface area (Å²) in [4.78, 5) is 8.69. The third-order valence-corrected chi connectivity index (χ3v) is 2.34. The molecule has 1 aromatic carbocycles. The molecule has 0 atom stereocenters. The first-order valence-corrected chi connectivity index (χ1v) is 4.53. The molecule has 0 saturated carbocycles. The number of nitrogens with zero attached hydrogens (tertiary/aromatic N) is 2. The van der Waals surface area contributed by atoms with Crippen LogP contribution in [0.4, 0.5) is 0 Å². The Morgan fingerprint density at radius 2 is 1.13 bits per heavy atom. The van der Waals surface area contributed by atoms with Gasteiger partial charge in [-0.05, 0) is 12.1 Å². The molecule has 0 saturated heterocycles. The van der Waals surface area contributed by atoms with Crippen molar-refractivity contribution in [3.8, 4) is 0 Å². The Morgan fingerprint density at radius 3 is 1.60 bits per heavy atom. The second kappa shape index (κ2) is 4.07. The van der Waals surface area contributed by atoms with Gasteiger partial charge in [0.2, 0.25) is 0 Å². The van der Waals surface area contributed by atoms with Crippen molar-refractivity contribution in [1.82, 2.24) is 9.97 Å². The van der Waals surface area contributed by atoms with Gasteiger partial charge in [0.1, 0.15) is 0 Å². The molecule has 0 unspecified atom stereocenters. The summed E-state index contributed by atoms with van der Waals surface area (Å²) in [6.07, 6.45) is 3.60. The molecule has 15 heavy (non-hydrogen) atoms. The maximum atomic E-state index is 4.35. The zero-order valence-corrected chi connectivity index (χ0v) is 10.1. The fraction of sp³-hybridized carbons (Fsp3) is 0. The number of pyridine rings is 2. The molecule has 0 aliphatic heterocycles.